The molecule has 4 heteroatoms. The van der Waals surface area contributed by atoms with Gasteiger partial charge in [-0.1, -0.05) is 0 Å². The molecule has 0 spiro atoms. The summed E-state index contributed by atoms with van der Waals surface area (Å²) >= 11 is 0. The van der Waals surface area contributed by atoms with Crippen LogP contribution in [0.5, 0.6) is 0 Å². The Kier molecular flexibility index (Phi) is 3.70. The molecule has 1 rings (SSSR count). The maximum Gasteiger partial charge on any atom is 0.111 e. The van der Waals surface area contributed by atoms with Gasteiger partial charge in [-0.25, -0.2) is 0 Å². The summed E-state index contributed by atoms with van der Waals surface area (Å²) in [5.41, 5.74) is 0. The first-order valence-electron chi connectivity index (χ1n) is 4.47. The number of likely N-dealkylation sites (N-methyl/N-ethyl adjacent to an activating group) is 1. The molecule has 4 nitrogen and oxygen atoms in total. The Balaban J connectivity index is 2.43. The molecule has 0 aromatic heterocycles. The van der Waals surface area contributed by atoms with Gasteiger partial charge in [0.2, 0.25) is 0 Å². The molecule has 70 valence electrons. The SMILES string of the molecule is CN1CCN(C(C#N)CC#N)CC1. The van der Waals surface area contributed by atoms with Gasteiger partial charge in [-0.2, -0.15) is 10.5 Å². The Morgan fingerprint density at radius 1 is 1.23 bits per heavy atom. The predicted octanol–water partition coefficient (Wildman–Crippen LogP) is 0.0397. The topological polar surface area (TPSA) is 54.1 Å². The Bertz CT molecular complexity index is 229. The number of nitrogens with zero attached hydrogens (tertiary/aromatic N) is 4. The number of rotatable bonds is 2. The second kappa shape index (κ2) is 4.81. The molecule has 0 N–H and O–H groups in total. The van der Waals surface area contributed by atoms with Crippen molar-refractivity contribution in [3.63, 3.8) is 0 Å². The molecule has 0 amide bonds. The molecule has 1 saturated heterocycles. The van der Waals surface area contributed by atoms with Gasteiger partial charge < -0.3 is 4.90 Å². The Hall–Kier alpha value is -1.10. The minimum Gasteiger partial charge on any atom is -0.304 e. The van der Waals surface area contributed by atoms with Crippen LogP contribution >= 0.6 is 0 Å². The minimum atomic E-state index is -0.210. The smallest absolute Gasteiger partial charge is 0.111 e. The molecule has 0 radical (unpaired) electrons. The van der Waals surface area contributed by atoms with Crippen molar-refractivity contribution < 1.29 is 0 Å². The van der Waals surface area contributed by atoms with Crippen LogP contribution in [-0.4, -0.2) is 49.1 Å². The third-order valence-electron chi connectivity index (χ3n) is 2.41. The molecular weight excluding hydrogens is 164 g/mol. The molecule has 0 aromatic rings. The van der Waals surface area contributed by atoms with E-state index in [0.717, 1.165) is 26.2 Å². The van der Waals surface area contributed by atoms with Crippen molar-refractivity contribution in [2.45, 2.75) is 12.5 Å². The second-order valence-corrected chi connectivity index (χ2v) is 3.35. The summed E-state index contributed by atoms with van der Waals surface area (Å²) in [6, 6.07) is 4.01. The standard InChI is InChI=1S/C9H14N4/c1-12-4-6-13(7-5-12)9(8-11)2-3-10/h9H,2,4-7H2,1H3. The van der Waals surface area contributed by atoms with Crippen molar-refractivity contribution >= 4 is 0 Å². The van der Waals surface area contributed by atoms with E-state index in [-0.39, 0.29) is 6.04 Å². The van der Waals surface area contributed by atoms with Crippen molar-refractivity contribution in [3.8, 4) is 12.1 Å². The first-order valence-corrected chi connectivity index (χ1v) is 4.47. The van der Waals surface area contributed by atoms with Gasteiger partial charge in [0, 0.05) is 26.2 Å². The molecule has 1 fully saturated rings. The number of hydrogen-bond acceptors (Lipinski definition) is 4. The van der Waals surface area contributed by atoms with Gasteiger partial charge >= 0.3 is 0 Å². The van der Waals surface area contributed by atoms with Crippen molar-refractivity contribution in [3.05, 3.63) is 0 Å². The van der Waals surface area contributed by atoms with E-state index in [1.54, 1.807) is 0 Å². The molecular formula is C9H14N4. The summed E-state index contributed by atoms with van der Waals surface area (Å²) < 4.78 is 0. The van der Waals surface area contributed by atoms with E-state index in [0.29, 0.717) is 6.42 Å². The van der Waals surface area contributed by atoms with E-state index in [2.05, 4.69) is 22.9 Å². The molecule has 13 heavy (non-hydrogen) atoms. The molecule has 0 bridgehead atoms. The van der Waals surface area contributed by atoms with Crippen LogP contribution in [-0.2, 0) is 0 Å². The molecule has 1 atom stereocenters. The Labute approximate surface area is 79.0 Å². The third-order valence-corrected chi connectivity index (χ3v) is 2.41. The van der Waals surface area contributed by atoms with E-state index in [1.165, 1.54) is 0 Å². The average molecular weight is 178 g/mol. The fourth-order valence-corrected chi connectivity index (χ4v) is 1.48. The highest BCUT2D eigenvalue weighted by Gasteiger charge is 2.21. The molecule has 1 aliphatic rings. The molecule has 0 aliphatic carbocycles. The van der Waals surface area contributed by atoms with Gasteiger partial charge in [-0.15, -0.1) is 0 Å². The lowest BCUT2D eigenvalue weighted by atomic mass is 10.2. The van der Waals surface area contributed by atoms with Crippen LogP contribution in [0.15, 0.2) is 0 Å². The molecule has 1 heterocycles. The maximum atomic E-state index is 8.82. The highest BCUT2D eigenvalue weighted by Crippen LogP contribution is 2.06. The van der Waals surface area contributed by atoms with Crippen molar-refractivity contribution in [2.24, 2.45) is 0 Å². The quantitative estimate of drug-likeness (QED) is 0.599. The van der Waals surface area contributed by atoms with Gasteiger partial charge in [0.25, 0.3) is 0 Å². The summed E-state index contributed by atoms with van der Waals surface area (Å²) in [5.74, 6) is 0. The van der Waals surface area contributed by atoms with E-state index in [4.69, 9.17) is 10.5 Å². The van der Waals surface area contributed by atoms with Crippen LogP contribution in [0.1, 0.15) is 6.42 Å². The fraction of sp³-hybridized carbons (Fsp3) is 0.778. The van der Waals surface area contributed by atoms with Gasteiger partial charge in [-0.05, 0) is 7.05 Å². The maximum absolute atomic E-state index is 8.82. The number of piperazine rings is 1. The van der Waals surface area contributed by atoms with Gasteiger partial charge in [0.1, 0.15) is 6.04 Å². The summed E-state index contributed by atoms with van der Waals surface area (Å²) in [6.45, 7) is 3.78. The molecule has 1 unspecified atom stereocenters. The Morgan fingerprint density at radius 2 is 1.85 bits per heavy atom. The third kappa shape index (κ3) is 2.69. The van der Waals surface area contributed by atoms with Crippen LogP contribution in [0.4, 0.5) is 0 Å². The number of nitriles is 2. The van der Waals surface area contributed by atoms with Crippen LogP contribution in [0, 0.1) is 22.7 Å². The lowest BCUT2D eigenvalue weighted by Gasteiger charge is -2.34. The van der Waals surface area contributed by atoms with E-state index in [1.807, 2.05) is 6.07 Å². The molecule has 0 aromatic carbocycles. The van der Waals surface area contributed by atoms with Gasteiger partial charge in [0.05, 0.1) is 18.6 Å². The van der Waals surface area contributed by atoms with Crippen molar-refractivity contribution in [1.29, 1.82) is 10.5 Å². The lowest BCUT2D eigenvalue weighted by molar-refractivity contribution is 0.134. The normalized spacial score (nSPS) is 21.8. The van der Waals surface area contributed by atoms with Gasteiger partial charge in [-0.3, -0.25) is 4.90 Å². The van der Waals surface area contributed by atoms with Crippen molar-refractivity contribution in [1.82, 2.24) is 9.80 Å². The molecule has 0 saturated carbocycles. The van der Waals surface area contributed by atoms with E-state index >= 15 is 0 Å². The summed E-state index contributed by atoms with van der Waals surface area (Å²) in [6.07, 6.45) is 0.320. The van der Waals surface area contributed by atoms with Gasteiger partial charge in [0.15, 0.2) is 0 Å². The first kappa shape index (κ1) is 9.98. The van der Waals surface area contributed by atoms with E-state index < -0.39 is 0 Å². The zero-order valence-electron chi connectivity index (χ0n) is 7.90. The largest absolute Gasteiger partial charge is 0.304 e. The van der Waals surface area contributed by atoms with Crippen LogP contribution in [0.3, 0.4) is 0 Å². The second-order valence-electron chi connectivity index (χ2n) is 3.35. The monoisotopic (exact) mass is 178 g/mol. The lowest BCUT2D eigenvalue weighted by Crippen LogP contribution is -2.48. The molecule has 1 aliphatic heterocycles. The minimum absolute atomic E-state index is 0.210. The van der Waals surface area contributed by atoms with Crippen molar-refractivity contribution in [2.75, 3.05) is 33.2 Å². The first-order chi connectivity index (χ1) is 6.27. The van der Waals surface area contributed by atoms with Crippen LogP contribution in [0.2, 0.25) is 0 Å². The number of hydrogen-bond donors (Lipinski definition) is 0. The highest BCUT2D eigenvalue weighted by molar-refractivity contribution is 4.98. The summed E-state index contributed by atoms with van der Waals surface area (Å²) in [4.78, 5) is 4.32. The fourth-order valence-electron chi connectivity index (χ4n) is 1.48. The summed E-state index contributed by atoms with van der Waals surface area (Å²) in [7, 11) is 2.07. The average Bonchev–Trinajstić information content (AvgIpc) is 2.16. The van der Waals surface area contributed by atoms with Crippen LogP contribution < -0.4 is 0 Å². The highest BCUT2D eigenvalue weighted by atomic mass is 15.3. The summed E-state index contributed by atoms with van der Waals surface area (Å²) in [5, 5.41) is 17.3. The van der Waals surface area contributed by atoms with E-state index in [9.17, 15) is 0 Å². The zero-order chi connectivity index (χ0) is 9.68. The Morgan fingerprint density at radius 3 is 2.31 bits per heavy atom. The zero-order valence-corrected chi connectivity index (χ0v) is 7.90. The van der Waals surface area contributed by atoms with Crippen LogP contribution in [0.25, 0.3) is 0 Å². The predicted molar refractivity (Wildman–Crippen MR) is 48.7 cm³/mol.